The number of ketones is 1. The molecule has 0 amide bonds. The van der Waals surface area contributed by atoms with E-state index in [1.807, 2.05) is 36.6 Å². The second kappa shape index (κ2) is 5.91. The number of rotatable bonds is 3. The lowest BCUT2D eigenvalue weighted by atomic mass is 10.0. The van der Waals surface area contributed by atoms with Crippen molar-refractivity contribution in [3.63, 3.8) is 0 Å². The molecular weight excluding hydrogens is 332 g/mol. The van der Waals surface area contributed by atoms with Gasteiger partial charge in [-0.3, -0.25) is 4.79 Å². The number of halogens is 2. The minimum Gasteiger partial charge on any atom is -0.289 e. The van der Waals surface area contributed by atoms with Crippen molar-refractivity contribution in [1.82, 2.24) is 0 Å². The molecule has 2 aromatic carbocycles. The van der Waals surface area contributed by atoms with E-state index in [-0.39, 0.29) is 5.78 Å². The Bertz CT molecular complexity index is 581. The van der Waals surface area contributed by atoms with Crippen LogP contribution in [0.1, 0.15) is 15.9 Å². The Labute approximate surface area is 124 Å². The molecule has 92 valence electrons. The van der Waals surface area contributed by atoms with Crippen molar-refractivity contribution in [2.24, 2.45) is 0 Å². The van der Waals surface area contributed by atoms with Gasteiger partial charge in [0.1, 0.15) is 0 Å². The minimum atomic E-state index is -0.0612. The molecule has 0 atom stereocenters. The molecule has 1 nitrogen and oxygen atoms in total. The van der Waals surface area contributed by atoms with Gasteiger partial charge in [-0.2, -0.15) is 0 Å². The van der Waals surface area contributed by atoms with Gasteiger partial charge < -0.3 is 0 Å². The third-order valence-corrected chi connectivity index (χ3v) is 4.09. The molecular formula is C14H10BrClOS. The van der Waals surface area contributed by atoms with E-state index in [0.29, 0.717) is 16.1 Å². The lowest BCUT2D eigenvalue weighted by Crippen LogP contribution is -2.02. The fraction of sp³-hybridized carbons (Fsp3) is 0.0714. The van der Waals surface area contributed by atoms with Crippen LogP contribution >= 0.6 is 39.3 Å². The summed E-state index contributed by atoms with van der Waals surface area (Å²) >= 11 is 11.0. The number of hydrogen-bond donors (Lipinski definition) is 0. The van der Waals surface area contributed by atoms with Gasteiger partial charge in [-0.25, -0.2) is 0 Å². The van der Waals surface area contributed by atoms with Crippen LogP contribution in [0.2, 0.25) is 5.02 Å². The Balaban J connectivity index is 2.38. The zero-order chi connectivity index (χ0) is 13.1. The molecule has 4 heteroatoms. The SMILES string of the molecule is CSc1ccc(C(=O)c2cc(Br)ccc2Cl)cc1. The van der Waals surface area contributed by atoms with Crippen molar-refractivity contribution in [1.29, 1.82) is 0 Å². The zero-order valence-corrected chi connectivity index (χ0v) is 12.8. The van der Waals surface area contributed by atoms with Crippen molar-refractivity contribution in [3.05, 3.63) is 63.1 Å². The summed E-state index contributed by atoms with van der Waals surface area (Å²) in [7, 11) is 0. The molecule has 0 aliphatic carbocycles. The van der Waals surface area contributed by atoms with E-state index in [0.717, 1.165) is 9.37 Å². The molecule has 2 aromatic rings. The molecule has 18 heavy (non-hydrogen) atoms. The Kier molecular flexibility index (Phi) is 4.49. The van der Waals surface area contributed by atoms with Crippen LogP contribution in [0.5, 0.6) is 0 Å². The van der Waals surface area contributed by atoms with Crippen LogP contribution in [0.15, 0.2) is 51.8 Å². The second-order valence-electron chi connectivity index (χ2n) is 3.68. The summed E-state index contributed by atoms with van der Waals surface area (Å²) in [5.41, 5.74) is 1.16. The van der Waals surface area contributed by atoms with Crippen LogP contribution in [0, 0.1) is 0 Å². The van der Waals surface area contributed by atoms with Gasteiger partial charge in [0.25, 0.3) is 0 Å². The first-order valence-corrected chi connectivity index (χ1v) is 7.65. The van der Waals surface area contributed by atoms with Gasteiger partial charge in [-0.15, -0.1) is 11.8 Å². The van der Waals surface area contributed by atoms with E-state index in [1.54, 1.807) is 23.9 Å². The third-order valence-electron chi connectivity index (χ3n) is 2.53. The summed E-state index contributed by atoms with van der Waals surface area (Å²) in [6.45, 7) is 0. The molecule has 0 aromatic heterocycles. The first kappa shape index (κ1) is 13.7. The van der Waals surface area contributed by atoms with E-state index in [2.05, 4.69) is 15.9 Å². The van der Waals surface area contributed by atoms with Gasteiger partial charge >= 0.3 is 0 Å². The number of thioether (sulfide) groups is 1. The van der Waals surface area contributed by atoms with Crippen LogP contribution < -0.4 is 0 Å². The van der Waals surface area contributed by atoms with Crippen molar-refractivity contribution in [2.75, 3.05) is 6.26 Å². The van der Waals surface area contributed by atoms with E-state index in [4.69, 9.17) is 11.6 Å². The van der Waals surface area contributed by atoms with Crippen molar-refractivity contribution in [2.45, 2.75) is 4.90 Å². The fourth-order valence-electron chi connectivity index (χ4n) is 1.57. The summed E-state index contributed by atoms with van der Waals surface area (Å²) < 4.78 is 0.844. The molecule has 0 aliphatic heterocycles. The molecule has 0 bridgehead atoms. The van der Waals surface area contributed by atoms with Gasteiger partial charge in [0.2, 0.25) is 0 Å². The lowest BCUT2D eigenvalue weighted by Gasteiger charge is -2.05. The predicted octanol–water partition coefficient (Wildman–Crippen LogP) is 5.06. The Morgan fingerprint density at radius 2 is 1.83 bits per heavy atom. The highest BCUT2D eigenvalue weighted by Gasteiger charge is 2.13. The molecule has 0 N–H and O–H groups in total. The molecule has 0 fully saturated rings. The van der Waals surface area contributed by atoms with Gasteiger partial charge in [0, 0.05) is 20.5 Å². The molecule has 0 unspecified atom stereocenters. The predicted molar refractivity (Wildman–Crippen MR) is 80.8 cm³/mol. The first-order chi connectivity index (χ1) is 8.61. The van der Waals surface area contributed by atoms with E-state index >= 15 is 0 Å². The van der Waals surface area contributed by atoms with Crippen LogP contribution in [0.4, 0.5) is 0 Å². The molecule has 2 rings (SSSR count). The van der Waals surface area contributed by atoms with Crippen LogP contribution in [0.25, 0.3) is 0 Å². The second-order valence-corrected chi connectivity index (χ2v) is 5.88. The summed E-state index contributed by atoms with van der Waals surface area (Å²) in [5, 5.41) is 0.470. The molecule has 0 spiro atoms. The molecule has 0 saturated carbocycles. The van der Waals surface area contributed by atoms with Gasteiger partial charge in [0.15, 0.2) is 5.78 Å². The Morgan fingerprint density at radius 1 is 1.17 bits per heavy atom. The standard InChI is InChI=1S/C14H10BrClOS/c1-18-11-5-2-9(3-6-11)14(17)12-8-10(15)4-7-13(12)16/h2-8H,1H3. The maximum Gasteiger partial charge on any atom is 0.194 e. The Morgan fingerprint density at radius 3 is 2.44 bits per heavy atom. The van der Waals surface area contributed by atoms with Crippen LogP contribution in [-0.4, -0.2) is 12.0 Å². The van der Waals surface area contributed by atoms with Crippen LogP contribution in [-0.2, 0) is 0 Å². The fourth-order valence-corrected chi connectivity index (χ4v) is 2.54. The normalized spacial score (nSPS) is 10.4. The van der Waals surface area contributed by atoms with E-state index in [1.165, 1.54) is 0 Å². The van der Waals surface area contributed by atoms with Gasteiger partial charge in [-0.05, 0) is 48.7 Å². The number of carbonyl (C=O) groups excluding carboxylic acids is 1. The molecule has 0 aliphatic rings. The average molecular weight is 342 g/mol. The molecule has 0 saturated heterocycles. The first-order valence-electron chi connectivity index (χ1n) is 5.25. The van der Waals surface area contributed by atoms with Gasteiger partial charge in [-0.1, -0.05) is 27.5 Å². The minimum absolute atomic E-state index is 0.0612. The highest BCUT2D eigenvalue weighted by atomic mass is 79.9. The summed E-state index contributed by atoms with van der Waals surface area (Å²) in [4.78, 5) is 13.4. The number of benzene rings is 2. The largest absolute Gasteiger partial charge is 0.289 e. The summed E-state index contributed by atoms with van der Waals surface area (Å²) in [5.74, 6) is -0.0612. The molecule has 0 radical (unpaired) electrons. The highest BCUT2D eigenvalue weighted by Crippen LogP contribution is 2.24. The van der Waals surface area contributed by atoms with Crippen molar-refractivity contribution >= 4 is 45.1 Å². The smallest absolute Gasteiger partial charge is 0.194 e. The van der Waals surface area contributed by atoms with Crippen molar-refractivity contribution < 1.29 is 4.79 Å². The highest BCUT2D eigenvalue weighted by molar-refractivity contribution is 9.10. The topological polar surface area (TPSA) is 17.1 Å². The quantitative estimate of drug-likeness (QED) is 0.573. The average Bonchev–Trinajstić information content (AvgIpc) is 2.41. The van der Waals surface area contributed by atoms with Gasteiger partial charge in [0.05, 0.1) is 5.02 Å². The lowest BCUT2D eigenvalue weighted by molar-refractivity contribution is 0.103. The van der Waals surface area contributed by atoms with Crippen LogP contribution in [0.3, 0.4) is 0 Å². The zero-order valence-electron chi connectivity index (χ0n) is 9.61. The number of hydrogen-bond acceptors (Lipinski definition) is 2. The molecule has 0 heterocycles. The Hall–Kier alpha value is -0.770. The summed E-state index contributed by atoms with van der Waals surface area (Å²) in [6.07, 6.45) is 2.00. The third kappa shape index (κ3) is 2.97. The monoisotopic (exact) mass is 340 g/mol. The van der Waals surface area contributed by atoms with Crippen molar-refractivity contribution in [3.8, 4) is 0 Å². The summed E-state index contributed by atoms with van der Waals surface area (Å²) in [6, 6.07) is 12.8. The maximum atomic E-state index is 12.3. The number of carbonyl (C=O) groups is 1. The van der Waals surface area contributed by atoms with E-state index < -0.39 is 0 Å². The van der Waals surface area contributed by atoms with E-state index in [9.17, 15) is 4.79 Å². The maximum absolute atomic E-state index is 12.3.